The number of hydrogen-bond acceptors (Lipinski definition) is 3. The van der Waals surface area contributed by atoms with Crippen LogP contribution in [0.15, 0.2) is 35.5 Å². The van der Waals surface area contributed by atoms with Crippen LogP contribution >= 0.6 is 0 Å². The maximum atomic E-state index is 12.6. The lowest BCUT2D eigenvalue weighted by Gasteiger charge is -2.45. The Kier molecular flexibility index (Phi) is 4.04. The van der Waals surface area contributed by atoms with Crippen molar-refractivity contribution in [3.8, 4) is 0 Å². The Labute approximate surface area is 139 Å². The Bertz CT molecular complexity index is 598. The van der Waals surface area contributed by atoms with Crippen molar-refractivity contribution in [2.45, 2.75) is 70.5 Å². The molecule has 1 aliphatic carbocycles. The number of ether oxygens (including phenoxy) is 1. The van der Waals surface area contributed by atoms with Gasteiger partial charge in [-0.15, -0.1) is 0 Å². The number of carbonyl (C=O) groups is 1. The van der Waals surface area contributed by atoms with Gasteiger partial charge in [0.2, 0.25) is 0 Å². The van der Waals surface area contributed by atoms with E-state index in [1.54, 1.807) is 0 Å². The van der Waals surface area contributed by atoms with Crippen molar-refractivity contribution in [3.05, 3.63) is 35.5 Å². The van der Waals surface area contributed by atoms with Crippen molar-refractivity contribution < 1.29 is 14.6 Å². The molecular formula is C20H28O3. The molecule has 1 fully saturated rings. The first kappa shape index (κ1) is 16.5. The van der Waals surface area contributed by atoms with Gasteiger partial charge in [-0.2, -0.15) is 0 Å². The van der Waals surface area contributed by atoms with Crippen LogP contribution in [0.4, 0.5) is 0 Å². The summed E-state index contributed by atoms with van der Waals surface area (Å²) in [6, 6.07) is 0. The summed E-state index contributed by atoms with van der Waals surface area (Å²) in [7, 11) is 0. The molecule has 0 amide bonds. The molecule has 0 aromatic carbocycles. The van der Waals surface area contributed by atoms with Gasteiger partial charge in [-0.05, 0) is 51.4 Å². The predicted molar refractivity (Wildman–Crippen MR) is 90.8 cm³/mol. The fraction of sp³-hybridized carbons (Fsp3) is 0.650. The molecule has 126 valence electrons. The maximum Gasteiger partial charge on any atom is 0.334 e. The monoisotopic (exact) mass is 316 g/mol. The number of carbonyl (C=O) groups excluding carboxylic acids is 1. The summed E-state index contributed by atoms with van der Waals surface area (Å²) in [6.07, 6.45) is 8.63. The summed E-state index contributed by atoms with van der Waals surface area (Å²) in [5.74, 6) is 0.0217. The summed E-state index contributed by atoms with van der Waals surface area (Å²) in [5, 5.41) is 11.6. The first-order valence-electron chi connectivity index (χ1n) is 8.80. The second-order valence-corrected chi connectivity index (χ2v) is 7.84. The molecule has 2 heterocycles. The SMILES string of the molecule is C=C1CC[C@@]2(O)[C@H]1/C=C(/C(C)C)CCC1=CCC[C@@]2(C)OC1=O. The van der Waals surface area contributed by atoms with E-state index < -0.39 is 11.2 Å². The van der Waals surface area contributed by atoms with Crippen LogP contribution in [0.25, 0.3) is 0 Å². The molecule has 1 saturated carbocycles. The molecule has 3 nitrogen and oxygen atoms in total. The fourth-order valence-corrected chi connectivity index (χ4v) is 4.34. The molecule has 0 radical (unpaired) electrons. The van der Waals surface area contributed by atoms with Gasteiger partial charge < -0.3 is 9.84 Å². The number of rotatable bonds is 1. The molecule has 3 atom stereocenters. The van der Waals surface area contributed by atoms with Crippen molar-refractivity contribution in [1.82, 2.24) is 0 Å². The summed E-state index contributed by atoms with van der Waals surface area (Å²) in [6.45, 7) is 10.5. The van der Waals surface area contributed by atoms with Crippen molar-refractivity contribution in [3.63, 3.8) is 0 Å². The lowest BCUT2D eigenvalue weighted by Crippen LogP contribution is -2.56. The zero-order chi connectivity index (χ0) is 16.8. The molecule has 3 heteroatoms. The topological polar surface area (TPSA) is 46.5 Å². The van der Waals surface area contributed by atoms with Gasteiger partial charge >= 0.3 is 5.97 Å². The summed E-state index contributed by atoms with van der Waals surface area (Å²) >= 11 is 0. The molecular weight excluding hydrogens is 288 g/mol. The molecule has 0 aromatic rings. The van der Waals surface area contributed by atoms with Gasteiger partial charge in [0.25, 0.3) is 0 Å². The minimum absolute atomic E-state index is 0.127. The van der Waals surface area contributed by atoms with E-state index in [2.05, 4.69) is 26.5 Å². The minimum Gasteiger partial charge on any atom is -0.453 e. The Morgan fingerprint density at radius 3 is 2.74 bits per heavy atom. The zero-order valence-electron chi connectivity index (χ0n) is 14.5. The fourth-order valence-electron chi connectivity index (χ4n) is 4.34. The maximum absolute atomic E-state index is 12.6. The van der Waals surface area contributed by atoms with Gasteiger partial charge in [-0.25, -0.2) is 4.79 Å². The van der Waals surface area contributed by atoms with Crippen LogP contribution in [0.5, 0.6) is 0 Å². The van der Waals surface area contributed by atoms with Crippen LogP contribution < -0.4 is 0 Å². The molecule has 0 aromatic heterocycles. The first-order valence-corrected chi connectivity index (χ1v) is 8.80. The van der Waals surface area contributed by atoms with E-state index in [9.17, 15) is 9.90 Å². The zero-order valence-corrected chi connectivity index (χ0v) is 14.5. The van der Waals surface area contributed by atoms with E-state index in [0.717, 1.165) is 36.8 Å². The Hall–Kier alpha value is -1.35. The van der Waals surface area contributed by atoms with Crippen molar-refractivity contribution in [2.24, 2.45) is 11.8 Å². The molecule has 3 aliphatic rings. The number of aliphatic hydroxyl groups is 1. The smallest absolute Gasteiger partial charge is 0.334 e. The van der Waals surface area contributed by atoms with E-state index in [0.29, 0.717) is 18.8 Å². The van der Waals surface area contributed by atoms with Crippen LogP contribution in [-0.2, 0) is 9.53 Å². The lowest BCUT2D eigenvalue weighted by molar-refractivity contribution is -0.193. The van der Waals surface area contributed by atoms with E-state index in [-0.39, 0.29) is 11.9 Å². The van der Waals surface area contributed by atoms with Crippen LogP contribution in [-0.4, -0.2) is 22.3 Å². The van der Waals surface area contributed by atoms with Crippen LogP contribution in [0.2, 0.25) is 0 Å². The molecule has 2 bridgehead atoms. The molecule has 1 N–H and O–H groups in total. The summed E-state index contributed by atoms with van der Waals surface area (Å²) in [5.41, 5.74) is 1.21. The molecule has 23 heavy (non-hydrogen) atoms. The average Bonchev–Trinajstić information content (AvgIpc) is 2.67. The van der Waals surface area contributed by atoms with E-state index in [4.69, 9.17) is 4.74 Å². The van der Waals surface area contributed by atoms with Gasteiger partial charge in [-0.3, -0.25) is 0 Å². The third-order valence-electron chi connectivity index (χ3n) is 6.09. The highest BCUT2D eigenvalue weighted by molar-refractivity contribution is 5.89. The first-order chi connectivity index (χ1) is 10.8. The number of hydrogen-bond donors (Lipinski definition) is 1. The second-order valence-electron chi connectivity index (χ2n) is 7.84. The largest absolute Gasteiger partial charge is 0.453 e. The quantitative estimate of drug-likeness (QED) is 0.585. The molecule has 3 rings (SSSR count). The summed E-state index contributed by atoms with van der Waals surface area (Å²) < 4.78 is 5.87. The highest BCUT2D eigenvalue weighted by atomic mass is 16.6. The Morgan fingerprint density at radius 2 is 2.04 bits per heavy atom. The van der Waals surface area contributed by atoms with Gasteiger partial charge in [0.05, 0.1) is 0 Å². The van der Waals surface area contributed by atoms with Gasteiger partial charge in [0.15, 0.2) is 0 Å². The number of allylic oxidation sites excluding steroid dienone is 2. The van der Waals surface area contributed by atoms with E-state index in [1.165, 1.54) is 5.57 Å². The lowest BCUT2D eigenvalue weighted by atomic mass is 9.72. The number of esters is 1. The number of fused-ring (bicyclic) bond motifs is 5. The Balaban J connectivity index is 2.15. The highest BCUT2D eigenvalue weighted by Gasteiger charge is 2.57. The predicted octanol–water partition coefficient (Wildman–Crippen LogP) is 4.08. The van der Waals surface area contributed by atoms with Gasteiger partial charge in [0.1, 0.15) is 11.2 Å². The molecule has 2 aliphatic heterocycles. The average molecular weight is 316 g/mol. The van der Waals surface area contributed by atoms with Crippen LogP contribution in [0.3, 0.4) is 0 Å². The third-order valence-corrected chi connectivity index (χ3v) is 6.09. The van der Waals surface area contributed by atoms with Crippen molar-refractivity contribution >= 4 is 5.97 Å². The van der Waals surface area contributed by atoms with Crippen molar-refractivity contribution in [1.29, 1.82) is 0 Å². The molecule has 0 saturated heterocycles. The minimum atomic E-state index is -1.06. The van der Waals surface area contributed by atoms with Gasteiger partial charge in [-0.1, -0.05) is 43.7 Å². The third kappa shape index (κ3) is 2.59. The van der Waals surface area contributed by atoms with Crippen LogP contribution in [0.1, 0.15) is 59.3 Å². The van der Waals surface area contributed by atoms with Gasteiger partial charge in [0, 0.05) is 11.5 Å². The second kappa shape index (κ2) is 5.62. The highest BCUT2D eigenvalue weighted by Crippen LogP contribution is 2.51. The normalized spacial score (nSPS) is 40.1. The molecule has 0 unspecified atom stereocenters. The van der Waals surface area contributed by atoms with E-state index in [1.807, 2.05) is 13.0 Å². The Morgan fingerprint density at radius 1 is 1.30 bits per heavy atom. The van der Waals surface area contributed by atoms with Crippen molar-refractivity contribution in [2.75, 3.05) is 0 Å². The standard InChI is InChI=1S/C20H28O3/c1-13(2)16-8-7-15-6-5-10-19(4,23-18(15)21)20(22)11-9-14(3)17(20)12-16/h6,12-13,17,22H,3,5,7-11H2,1-2,4H3/b16-12+/t17-,19+,20+/m0/s1. The summed E-state index contributed by atoms with van der Waals surface area (Å²) in [4.78, 5) is 12.6. The van der Waals surface area contributed by atoms with Crippen LogP contribution in [0, 0.1) is 11.8 Å². The molecule has 0 spiro atoms. The van der Waals surface area contributed by atoms with E-state index >= 15 is 0 Å².